The lowest BCUT2D eigenvalue weighted by molar-refractivity contribution is 0.627. The van der Waals surface area contributed by atoms with E-state index in [1.165, 1.54) is 12.1 Å². The van der Waals surface area contributed by atoms with E-state index in [0.29, 0.717) is 10.3 Å². The van der Waals surface area contributed by atoms with Crippen LogP contribution in [-0.4, -0.2) is 16.5 Å². The molecule has 5 heteroatoms. The largest absolute Gasteiger partial charge is 0.370 e. The maximum absolute atomic E-state index is 13.2. The maximum atomic E-state index is 13.2. The lowest BCUT2D eigenvalue weighted by Crippen LogP contribution is -2.04. The van der Waals surface area contributed by atoms with Crippen molar-refractivity contribution in [1.29, 1.82) is 0 Å². The highest BCUT2D eigenvalue weighted by Gasteiger charge is 2.10. The standard InChI is InChI=1S/C15H17BrFN3/c1-3-5-11-9-14(18-4-2)20-15(19-11)12-7-6-10(17)8-13(12)16/h6-9H,3-5H2,1-2H3,(H,18,19,20). The summed E-state index contributed by atoms with van der Waals surface area (Å²) in [5, 5.41) is 3.21. The summed E-state index contributed by atoms with van der Waals surface area (Å²) in [4.78, 5) is 9.05. The van der Waals surface area contributed by atoms with Gasteiger partial charge in [0.25, 0.3) is 0 Å². The summed E-state index contributed by atoms with van der Waals surface area (Å²) in [5.41, 5.74) is 1.79. The third kappa shape index (κ3) is 3.54. The first-order valence-electron chi connectivity index (χ1n) is 6.71. The summed E-state index contributed by atoms with van der Waals surface area (Å²) in [6.45, 7) is 4.93. The van der Waals surface area contributed by atoms with Crippen LogP contribution in [0.5, 0.6) is 0 Å². The molecule has 0 bridgehead atoms. The fraction of sp³-hybridized carbons (Fsp3) is 0.333. The topological polar surface area (TPSA) is 37.8 Å². The molecule has 0 fully saturated rings. The van der Waals surface area contributed by atoms with Crippen LogP contribution in [0, 0.1) is 5.82 Å². The average Bonchev–Trinajstić information content (AvgIpc) is 2.39. The molecule has 0 amide bonds. The lowest BCUT2D eigenvalue weighted by Gasteiger charge is -2.10. The van der Waals surface area contributed by atoms with Gasteiger partial charge in [-0.2, -0.15) is 0 Å². The minimum Gasteiger partial charge on any atom is -0.370 e. The Hall–Kier alpha value is -1.49. The number of halogens is 2. The smallest absolute Gasteiger partial charge is 0.162 e. The van der Waals surface area contributed by atoms with E-state index < -0.39 is 0 Å². The van der Waals surface area contributed by atoms with Crippen LogP contribution in [0.3, 0.4) is 0 Å². The Morgan fingerprint density at radius 3 is 2.65 bits per heavy atom. The molecule has 1 aromatic carbocycles. The fourth-order valence-electron chi connectivity index (χ4n) is 1.94. The molecular formula is C15H17BrFN3. The van der Waals surface area contributed by atoms with Crippen molar-refractivity contribution in [2.75, 3.05) is 11.9 Å². The fourth-order valence-corrected chi connectivity index (χ4v) is 2.47. The van der Waals surface area contributed by atoms with Crippen molar-refractivity contribution in [2.45, 2.75) is 26.7 Å². The van der Waals surface area contributed by atoms with Gasteiger partial charge in [0.15, 0.2) is 5.82 Å². The number of rotatable bonds is 5. The van der Waals surface area contributed by atoms with E-state index in [9.17, 15) is 4.39 Å². The molecular weight excluding hydrogens is 321 g/mol. The Kier molecular flexibility index (Phi) is 5.06. The van der Waals surface area contributed by atoms with E-state index in [1.807, 2.05) is 13.0 Å². The number of hydrogen-bond donors (Lipinski definition) is 1. The SMILES string of the molecule is CCCc1cc(NCC)nc(-c2ccc(F)cc2Br)n1. The van der Waals surface area contributed by atoms with Gasteiger partial charge >= 0.3 is 0 Å². The van der Waals surface area contributed by atoms with Gasteiger partial charge in [0.1, 0.15) is 11.6 Å². The predicted octanol–water partition coefficient (Wildman–Crippen LogP) is 4.43. The monoisotopic (exact) mass is 337 g/mol. The summed E-state index contributed by atoms with van der Waals surface area (Å²) in [7, 11) is 0. The third-order valence-corrected chi connectivity index (χ3v) is 3.47. The molecule has 20 heavy (non-hydrogen) atoms. The molecule has 0 saturated carbocycles. The molecule has 0 spiro atoms. The van der Waals surface area contributed by atoms with Gasteiger partial charge in [-0.1, -0.05) is 13.3 Å². The number of aryl methyl sites for hydroxylation is 1. The van der Waals surface area contributed by atoms with Crippen LogP contribution < -0.4 is 5.32 Å². The second-order valence-corrected chi connectivity index (χ2v) is 5.33. The van der Waals surface area contributed by atoms with Crippen LogP contribution >= 0.6 is 15.9 Å². The van der Waals surface area contributed by atoms with Crippen molar-refractivity contribution in [3.63, 3.8) is 0 Å². The normalized spacial score (nSPS) is 10.6. The van der Waals surface area contributed by atoms with Crippen LogP contribution in [0.4, 0.5) is 10.2 Å². The van der Waals surface area contributed by atoms with Gasteiger partial charge in [0.2, 0.25) is 0 Å². The maximum Gasteiger partial charge on any atom is 0.162 e. The first kappa shape index (κ1) is 14.9. The summed E-state index contributed by atoms with van der Waals surface area (Å²) < 4.78 is 13.8. The van der Waals surface area contributed by atoms with Gasteiger partial charge < -0.3 is 5.32 Å². The first-order chi connectivity index (χ1) is 9.63. The van der Waals surface area contributed by atoms with Gasteiger partial charge in [-0.05, 0) is 47.5 Å². The quantitative estimate of drug-likeness (QED) is 0.876. The van der Waals surface area contributed by atoms with Crippen molar-refractivity contribution < 1.29 is 4.39 Å². The highest BCUT2D eigenvalue weighted by molar-refractivity contribution is 9.10. The van der Waals surface area contributed by atoms with Crippen LogP contribution in [0.25, 0.3) is 11.4 Å². The summed E-state index contributed by atoms with van der Waals surface area (Å²) >= 11 is 3.37. The summed E-state index contributed by atoms with van der Waals surface area (Å²) in [6, 6.07) is 6.51. The molecule has 1 aromatic heterocycles. The second-order valence-electron chi connectivity index (χ2n) is 4.47. The van der Waals surface area contributed by atoms with E-state index in [4.69, 9.17) is 0 Å². The van der Waals surface area contributed by atoms with Gasteiger partial charge in [-0.25, -0.2) is 14.4 Å². The Morgan fingerprint density at radius 2 is 2.00 bits per heavy atom. The molecule has 2 rings (SSSR count). The zero-order valence-corrected chi connectivity index (χ0v) is 13.2. The number of benzene rings is 1. The van der Waals surface area contributed by atoms with Gasteiger partial charge in [-0.3, -0.25) is 0 Å². The first-order valence-corrected chi connectivity index (χ1v) is 7.50. The molecule has 0 radical (unpaired) electrons. The Morgan fingerprint density at radius 1 is 1.20 bits per heavy atom. The predicted molar refractivity (Wildman–Crippen MR) is 83.3 cm³/mol. The molecule has 0 atom stereocenters. The van der Waals surface area contributed by atoms with Crippen molar-refractivity contribution in [3.05, 3.63) is 40.2 Å². The highest BCUT2D eigenvalue weighted by atomic mass is 79.9. The van der Waals surface area contributed by atoms with Crippen molar-refractivity contribution in [3.8, 4) is 11.4 Å². The number of nitrogens with zero attached hydrogens (tertiary/aromatic N) is 2. The van der Waals surface area contributed by atoms with E-state index in [0.717, 1.165) is 36.5 Å². The second kappa shape index (κ2) is 6.79. The van der Waals surface area contributed by atoms with Crippen LogP contribution in [0.1, 0.15) is 26.0 Å². The Bertz CT molecular complexity index is 577. The minimum absolute atomic E-state index is 0.280. The molecule has 1 N–H and O–H groups in total. The summed E-state index contributed by atoms with van der Waals surface area (Å²) in [6.07, 6.45) is 1.92. The van der Waals surface area contributed by atoms with E-state index in [-0.39, 0.29) is 5.82 Å². The molecule has 3 nitrogen and oxygen atoms in total. The zero-order valence-electron chi connectivity index (χ0n) is 11.6. The minimum atomic E-state index is -0.280. The van der Waals surface area contributed by atoms with Gasteiger partial charge in [0.05, 0.1) is 0 Å². The van der Waals surface area contributed by atoms with E-state index in [2.05, 4.69) is 38.1 Å². The highest BCUT2D eigenvalue weighted by Crippen LogP contribution is 2.27. The molecule has 0 saturated heterocycles. The third-order valence-electron chi connectivity index (χ3n) is 2.82. The number of hydrogen-bond acceptors (Lipinski definition) is 3. The van der Waals surface area contributed by atoms with Crippen LogP contribution in [0.2, 0.25) is 0 Å². The Labute approximate surface area is 126 Å². The van der Waals surface area contributed by atoms with Gasteiger partial charge in [0, 0.05) is 28.3 Å². The number of aromatic nitrogens is 2. The van der Waals surface area contributed by atoms with Crippen molar-refractivity contribution >= 4 is 21.7 Å². The zero-order chi connectivity index (χ0) is 14.5. The Balaban J connectivity index is 2.48. The van der Waals surface area contributed by atoms with Crippen molar-refractivity contribution in [1.82, 2.24) is 9.97 Å². The molecule has 2 aromatic rings. The lowest BCUT2D eigenvalue weighted by atomic mass is 10.2. The van der Waals surface area contributed by atoms with Crippen LogP contribution in [0.15, 0.2) is 28.7 Å². The number of nitrogens with one attached hydrogen (secondary N) is 1. The van der Waals surface area contributed by atoms with E-state index >= 15 is 0 Å². The van der Waals surface area contributed by atoms with Crippen LogP contribution in [-0.2, 0) is 6.42 Å². The molecule has 0 aliphatic rings. The molecule has 0 unspecified atom stereocenters. The number of anilines is 1. The van der Waals surface area contributed by atoms with Crippen molar-refractivity contribution in [2.24, 2.45) is 0 Å². The molecule has 106 valence electrons. The molecule has 0 aliphatic carbocycles. The molecule has 1 heterocycles. The van der Waals surface area contributed by atoms with Gasteiger partial charge in [-0.15, -0.1) is 0 Å². The summed E-state index contributed by atoms with van der Waals surface area (Å²) in [5.74, 6) is 1.13. The van der Waals surface area contributed by atoms with E-state index in [1.54, 1.807) is 6.07 Å². The molecule has 0 aliphatic heterocycles. The average molecular weight is 338 g/mol.